The van der Waals surface area contributed by atoms with Gasteiger partial charge in [0, 0.05) is 44.3 Å². The first-order valence-electron chi connectivity index (χ1n) is 10.7. The summed E-state index contributed by atoms with van der Waals surface area (Å²) in [4.78, 5) is 30.4. The number of carbonyl (C=O) groups is 2. The standard InChI is InChI=1S/C21H29N5O2.CH2O2/c1-16-6-7-22-13-18(16)21(27)26-10-11-28-19(15-25-8-4-3-5-9-25)20(26)17-12-23-24(2)14-17;2-1-3/h6-7,12-14,19-20H,3-5,8-11,15H2,1-2H3;1H,(H,2,3)/t19-,20-;/m0./s1. The van der Waals surface area contributed by atoms with Gasteiger partial charge in [-0.05, 0) is 44.5 Å². The minimum absolute atomic E-state index is 0.0198. The van der Waals surface area contributed by atoms with Crippen LogP contribution >= 0.6 is 0 Å². The maximum absolute atomic E-state index is 13.4. The molecule has 9 nitrogen and oxygen atoms in total. The molecule has 0 bridgehead atoms. The van der Waals surface area contributed by atoms with E-state index in [1.165, 1.54) is 19.3 Å². The molecule has 0 radical (unpaired) electrons. The number of hydrogen-bond donors (Lipinski definition) is 1. The Labute approximate surface area is 182 Å². The molecule has 2 fully saturated rings. The van der Waals surface area contributed by atoms with E-state index < -0.39 is 0 Å². The van der Waals surface area contributed by atoms with Gasteiger partial charge in [-0.3, -0.25) is 19.3 Å². The number of aryl methyl sites for hydroxylation is 2. The molecule has 0 aliphatic carbocycles. The van der Waals surface area contributed by atoms with Crippen molar-refractivity contribution >= 4 is 12.4 Å². The average Bonchev–Trinajstić information content (AvgIpc) is 3.20. The van der Waals surface area contributed by atoms with Crippen LogP contribution in [0.5, 0.6) is 0 Å². The van der Waals surface area contributed by atoms with E-state index in [0.29, 0.717) is 18.7 Å². The lowest BCUT2D eigenvalue weighted by Gasteiger charge is -2.43. The Balaban J connectivity index is 0.000000858. The van der Waals surface area contributed by atoms with Gasteiger partial charge in [-0.15, -0.1) is 0 Å². The zero-order chi connectivity index (χ0) is 22.2. The number of likely N-dealkylation sites (tertiary alicyclic amines) is 1. The molecule has 168 valence electrons. The van der Waals surface area contributed by atoms with Crippen molar-refractivity contribution in [3.8, 4) is 0 Å². The van der Waals surface area contributed by atoms with Gasteiger partial charge in [0.25, 0.3) is 12.4 Å². The maximum atomic E-state index is 13.4. The van der Waals surface area contributed by atoms with Crippen molar-refractivity contribution in [1.82, 2.24) is 24.6 Å². The van der Waals surface area contributed by atoms with Crippen LogP contribution < -0.4 is 0 Å². The van der Waals surface area contributed by atoms with Crippen LogP contribution in [0, 0.1) is 6.92 Å². The highest BCUT2D eigenvalue weighted by Gasteiger charge is 2.38. The highest BCUT2D eigenvalue weighted by Crippen LogP contribution is 2.32. The molecule has 2 aliphatic heterocycles. The predicted octanol–water partition coefficient (Wildman–Crippen LogP) is 1.89. The molecule has 1 amide bonds. The topological polar surface area (TPSA) is 101 Å². The zero-order valence-corrected chi connectivity index (χ0v) is 18.2. The second-order valence-corrected chi connectivity index (χ2v) is 7.96. The minimum atomic E-state index is -0.250. The molecule has 0 unspecified atom stereocenters. The van der Waals surface area contributed by atoms with E-state index in [2.05, 4.69) is 15.0 Å². The average molecular weight is 430 g/mol. The van der Waals surface area contributed by atoms with Gasteiger partial charge in [0.1, 0.15) is 0 Å². The Morgan fingerprint density at radius 1 is 1.26 bits per heavy atom. The molecule has 4 heterocycles. The molecule has 2 aromatic heterocycles. The lowest BCUT2D eigenvalue weighted by molar-refractivity contribution is -0.122. The first kappa shape index (κ1) is 22.9. The highest BCUT2D eigenvalue weighted by atomic mass is 16.5. The van der Waals surface area contributed by atoms with Crippen LogP contribution in [0.25, 0.3) is 0 Å². The molecule has 4 rings (SSSR count). The fraction of sp³-hybridized carbons (Fsp3) is 0.545. The van der Waals surface area contributed by atoms with E-state index in [1.54, 1.807) is 17.1 Å². The van der Waals surface area contributed by atoms with E-state index in [1.807, 2.05) is 37.3 Å². The summed E-state index contributed by atoms with van der Waals surface area (Å²) >= 11 is 0. The Hall–Kier alpha value is -2.78. The molecule has 0 spiro atoms. The third kappa shape index (κ3) is 5.68. The van der Waals surface area contributed by atoms with Crippen LogP contribution in [0.1, 0.15) is 46.8 Å². The zero-order valence-electron chi connectivity index (χ0n) is 18.2. The van der Waals surface area contributed by atoms with Crippen molar-refractivity contribution in [3.05, 3.63) is 47.5 Å². The molecular formula is C22H31N5O4. The normalized spacial score (nSPS) is 21.8. The van der Waals surface area contributed by atoms with Crippen LogP contribution in [0.3, 0.4) is 0 Å². The third-order valence-electron chi connectivity index (χ3n) is 5.84. The molecule has 31 heavy (non-hydrogen) atoms. The summed E-state index contributed by atoms with van der Waals surface area (Å²) in [6.45, 7) is 5.89. The van der Waals surface area contributed by atoms with Crippen molar-refractivity contribution < 1.29 is 19.4 Å². The number of aromatic nitrogens is 3. The minimum Gasteiger partial charge on any atom is -0.483 e. The first-order chi connectivity index (χ1) is 15.0. The van der Waals surface area contributed by atoms with Crippen LogP contribution in [0.4, 0.5) is 0 Å². The molecule has 2 saturated heterocycles. The maximum Gasteiger partial charge on any atom is 0.290 e. The number of piperidine rings is 1. The van der Waals surface area contributed by atoms with Gasteiger partial charge in [-0.1, -0.05) is 6.42 Å². The van der Waals surface area contributed by atoms with Crippen molar-refractivity contribution in [1.29, 1.82) is 0 Å². The van der Waals surface area contributed by atoms with E-state index >= 15 is 0 Å². The van der Waals surface area contributed by atoms with E-state index in [-0.39, 0.29) is 24.5 Å². The van der Waals surface area contributed by atoms with Gasteiger partial charge in [-0.2, -0.15) is 5.10 Å². The van der Waals surface area contributed by atoms with E-state index in [0.717, 1.165) is 30.8 Å². The second-order valence-electron chi connectivity index (χ2n) is 7.96. The smallest absolute Gasteiger partial charge is 0.290 e. The van der Waals surface area contributed by atoms with Crippen molar-refractivity contribution in [2.24, 2.45) is 7.05 Å². The molecule has 0 aromatic carbocycles. The number of hydrogen-bond acceptors (Lipinski definition) is 6. The van der Waals surface area contributed by atoms with Crippen LogP contribution in [-0.4, -0.2) is 80.9 Å². The third-order valence-corrected chi connectivity index (χ3v) is 5.84. The summed E-state index contributed by atoms with van der Waals surface area (Å²) < 4.78 is 8.01. The van der Waals surface area contributed by atoms with Crippen molar-refractivity contribution in [2.45, 2.75) is 38.3 Å². The van der Waals surface area contributed by atoms with Gasteiger partial charge in [0.2, 0.25) is 0 Å². The number of nitrogens with zero attached hydrogens (tertiary/aromatic N) is 5. The quantitative estimate of drug-likeness (QED) is 0.741. The van der Waals surface area contributed by atoms with Gasteiger partial charge in [-0.25, -0.2) is 0 Å². The summed E-state index contributed by atoms with van der Waals surface area (Å²) in [7, 11) is 1.91. The molecule has 2 aromatic rings. The van der Waals surface area contributed by atoms with Crippen molar-refractivity contribution in [2.75, 3.05) is 32.8 Å². The summed E-state index contributed by atoms with van der Waals surface area (Å²) in [6, 6.07) is 1.74. The van der Waals surface area contributed by atoms with Crippen LogP contribution in [0.2, 0.25) is 0 Å². The highest BCUT2D eigenvalue weighted by molar-refractivity contribution is 5.95. The Morgan fingerprint density at radius 3 is 2.65 bits per heavy atom. The van der Waals surface area contributed by atoms with Crippen LogP contribution in [0.15, 0.2) is 30.9 Å². The number of pyridine rings is 1. The first-order valence-corrected chi connectivity index (χ1v) is 10.7. The largest absolute Gasteiger partial charge is 0.483 e. The molecule has 2 aliphatic rings. The number of carboxylic acid groups (broad SMARTS) is 1. The van der Waals surface area contributed by atoms with E-state index in [4.69, 9.17) is 14.6 Å². The number of rotatable bonds is 4. The number of morpholine rings is 1. The fourth-order valence-electron chi connectivity index (χ4n) is 4.34. The van der Waals surface area contributed by atoms with Crippen LogP contribution in [-0.2, 0) is 16.6 Å². The second kappa shape index (κ2) is 11.0. The van der Waals surface area contributed by atoms with Gasteiger partial charge in [0.05, 0.1) is 30.5 Å². The fourth-order valence-corrected chi connectivity index (χ4v) is 4.34. The monoisotopic (exact) mass is 429 g/mol. The van der Waals surface area contributed by atoms with Gasteiger partial charge in [0.15, 0.2) is 0 Å². The summed E-state index contributed by atoms with van der Waals surface area (Å²) in [5.74, 6) is 0.0198. The lowest BCUT2D eigenvalue weighted by Crippen LogP contribution is -2.52. The molecule has 1 N–H and O–H groups in total. The molecule has 0 saturated carbocycles. The Kier molecular flexibility index (Phi) is 8.13. The molecule has 9 heteroatoms. The molecule has 2 atom stereocenters. The summed E-state index contributed by atoms with van der Waals surface area (Å²) in [6.07, 6.45) is 11.0. The molecular weight excluding hydrogens is 398 g/mol. The SMILES string of the molecule is Cc1ccncc1C(=O)N1CCO[C@@H](CN2CCCCC2)[C@@H]1c1cnn(C)c1.O=CO. The number of amides is 1. The van der Waals surface area contributed by atoms with E-state index in [9.17, 15) is 4.79 Å². The summed E-state index contributed by atoms with van der Waals surface area (Å²) in [5.41, 5.74) is 2.64. The Morgan fingerprint density at radius 2 is 2.00 bits per heavy atom. The summed E-state index contributed by atoms with van der Waals surface area (Å²) in [5, 5.41) is 11.2. The number of carbonyl (C=O) groups excluding carboxylic acids is 1. The predicted molar refractivity (Wildman–Crippen MR) is 115 cm³/mol. The Bertz CT molecular complexity index is 865. The lowest BCUT2D eigenvalue weighted by atomic mass is 9.98. The number of ether oxygens (including phenoxy) is 1. The van der Waals surface area contributed by atoms with Crippen molar-refractivity contribution in [3.63, 3.8) is 0 Å². The van der Waals surface area contributed by atoms with Gasteiger partial charge >= 0.3 is 0 Å². The van der Waals surface area contributed by atoms with Gasteiger partial charge < -0.3 is 19.6 Å².